The molecule has 2 atom stereocenters. The van der Waals surface area contributed by atoms with E-state index in [1.807, 2.05) is 0 Å². The van der Waals surface area contributed by atoms with Crippen molar-refractivity contribution in [1.82, 2.24) is 0 Å². The third-order valence-corrected chi connectivity index (χ3v) is 5.67. The first-order valence-corrected chi connectivity index (χ1v) is 9.69. The van der Waals surface area contributed by atoms with E-state index in [4.69, 9.17) is 0 Å². The summed E-state index contributed by atoms with van der Waals surface area (Å²) in [5.41, 5.74) is 5.05. The van der Waals surface area contributed by atoms with Crippen molar-refractivity contribution in [2.75, 3.05) is 0 Å². The van der Waals surface area contributed by atoms with Crippen molar-refractivity contribution in [2.24, 2.45) is 11.8 Å². The second-order valence-corrected chi connectivity index (χ2v) is 7.50. The van der Waals surface area contributed by atoms with E-state index in [-0.39, 0.29) is 0 Å². The Balaban J connectivity index is 1.89. The number of allylic oxidation sites excluding steroid dienone is 5. The fraction of sp³-hybridized carbons (Fsp3) is 0.500. The lowest BCUT2D eigenvalue weighted by atomic mass is 9.85. The molecular formula is C24H34. The smallest absolute Gasteiger partial charge is 0.0190 e. The first kappa shape index (κ1) is 18.8. The van der Waals surface area contributed by atoms with E-state index in [2.05, 4.69) is 69.8 Å². The van der Waals surface area contributed by atoms with Gasteiger partial charge in [0.15, 0.2) is 0 Å². The van der Waals surface area contributed by atoms with Gasteiger partial charge in [-0.15, -0.1) is 0 Å². The van der Waals surface area contributed by atoms with Crippen molar-refractivity contribution in [3.8, 4) is 0 Å². The van der Waals surface area contributed by atoms with Crippen molar-refractivity contribution >= 4 is 5.57 Å². The second kappa shape index (κ2) is 9.67. The van der Waals surface area contributed by atoms with Gasteiger partial charge in [-0.25, -0.2) is 0 Å². The Morgan fingerprint density at radius 3 is 2.50 bits per heavy atom. The Labute approximate surface area is 149 Å². The van der Waals surface area contributed by atoms with E-state index in [1.165, 1.54) is 61.6 Å². The maximum Gasteiger partial charge on any atom is -0.0190 e. The molecule has 0 heterocycles. The molecule has 1 aromatic carbocycles. The van der Waals surface area contributed by atoms with Crippen LogP contribution in [0.3, 0.4) is 0 Å². The molecule has 1 aromatic rings. The van der Waals surface area contributed by atoms with Gasteiger partial charge in [0.25, 0.3) is 0 Å². The normalized spacial score (nSPS) is 22.5. The molecule has 0 spiro atoms. The molecule has 2 unspecified atom stereocenters. The summed E-state index contributed by atoms with van der Waals surface area (Å²) in [6.45, 7) is 10.8. The standard InChI is InChI=1S/C24H34/c1-5-19(2)11-12-21(4)24-17-14-22(15-18-24)13-16-23-10-8-6-7-9-20(23)3/h5,11-12,14-15,17-18,20,23H,4,6-10,13,16H2,1-3H3/b12-11-,19-5-. The van der Waals surface area contributed by atoms with Crippen LogP contribution in [0.4, 0.5) is 0 Å². The minimum atomic E-state index is 0.909. The Morgan fingerprint density at radius 2 is 1.79 bits per heavy atom. The summed E-state index contributed by atoms with van der Waals surface area (Å²) in [6.07, 6.45) is 16.1. The van der Waals surface area contributed by atoms with Gasteiger partial charge in [0, 0.05) is 0 Å². The Hall–Kier alpha value is -1.56. The number of hydrogen-bond donors (Lipinski definition) is 0. The van der Waals surface area contributed by atoms with E-state index in [0.717, 1.165) is 17.4 Å². The molecule has 0 aromatic heterocycles. The van der Waals surface area contributed by atoms with Gasteiger partial charge in [-0.05, 0) is 55.2 Å². The zero-order valence-corrected chi connectivity index (χ0v) is 15.9. The van der Waals surface area contributed by atoms with Crippen LogP contribution in [0.1, 0.15) is 70.4 Å². The lowest BCUT2D eigenvalue weighted by Gasteiger charge is -2.21. The third kappa shape index (κ3) is 5.82. The molecule has 0 bridgehead atoms. The van der Waals surface area contributed by atoms with Crippen LogP contribution in [-0.2, 0) is 6.42 Å². The molecule has 0 N–H and O–H groups in total. The lowest BCUT2D eigenvalue weighted by Crippen LogP contribution is -2.11. The highest BCUT2D eigenvalue weighted by Gasteiger charge is 2.19. The lowest BCUT2D eigenvalue weighted by molar-refractivity contribution is 0.318. The molecule has 24 heavy (non-hydrogen) atoms. The van der Waals surface area contributed by atoms with Crippen LogP contribution in [0.25, 0.3) is 5.57 Å². The Bertz CT molecular complexity index is 571. The van der Waals surface area contributed by atoms with Crippen LogP contribution < -0.4 is 0 Å². The quantitative estimate of drug-likeness (QED) is 0.379. The summed E-state index contributed by atoms with van der Waals surface area (Å²) in [6, 6.07) is 9.03. The summed E-state index contributed by atoms with van der Waals surface area (Å²) < 4.78 is 0. The molecule has 1 fully saturated rings. The van der Waals surface area contributed by atoms with Crippen molar-refractivity contribution in [2.45, 2.75) is 65.7 Å². The molecule has 0 heteroatoms. The zero-order chi connectivity index (χ0) is 17.4. The number of benzene rings is 1. The van der Waals surface area contributed by atoms with Crippen molar-refractivity contribution in [3.63, 3.8) is 0 Å². The highest BCUT2D eigenvalue weighted by Crippen LogP contribution is 2.31. The van der Waals surface area contributed by atoms with E-state index in [9.17, 15) is 0 Å². The van der Waals surface area contributed by atoms with Gasteiger partial charge in [-0.1, -0.05) is 93.7 Å². The average molecular weight is 323 g/mol. The van der Waals surface area contributed by atoms with Gasteiger partial charge in [0.2, 0.25) is 0 Å². The Kier molecular flexibility index (Phi) is 7.56. The molecule has 0 nitrogen and oxygen atoms in total. The van der Waals surface area contributed by atoms with Crippen molar-refractivity contribution < 1.29 is 0 Å². The molecule has 0 saturated heterocycles. The fourth-order valence-corrected chi connectivity index (χ4v) is 3.66. The molecule has 0 aliphatic heterocycles. The van der Waals surface area contributed by atoms with Gasteiger partial charge < -0.3 is 0 Å². The average Bonchev–Trinajstić information content (AvgIpc) is 2.82. The van der Waals surface area contributed by atoms with Crippen LogP contribution in [0, 0.1) is 11.8 Å². The minimum Gasteiger partial charge on any atom is -0.0912 e. The monoisotopic (exact) mass is 322 g/mol. The van der Waals surface area contributed by atoms with Gasteiger partial charge in [-0.3, -0.25) is 0 Å². The highest BCUT2D eigenvalue weighted by molar-refractivity contribution is 5.72. The van der Waals surface area contributed by atoms with Gasteiger partial charge in [-0.2, -0.15) is 0 Å². The minimum absolute atomic E-state index is 0.909. The zero-order valence-electron chi connectivity index (χ0n) is 15.9. The summed E-state index contributed by atoms with van der Waals surface area (Å²) in [5, 5.41) is 0. The summed E-state index contributed by atoms with van der Waals surface area (Å²) in [7, 11) is 0. The molecule has 0 radical (unpaired) electrons. The third-order valence-electron chi connectivity index (χ3n) is 5.67. The number of hydrogen-bond acceptors (Lipinski definition) is 0. The topological polar surface area (TPSA) is 0 Å². The van der Waals surface area contributed by atoms with E-state index in [0.29, 0.717) is 0 Å². The predicted molar refractivity (Wildman–Crippen MR) is 108 cm³/mol. The van der Waals surface area contributed by atoms with E-state index >= 15 is 0 Å². The van der Waals surface area contributed by atoms with Crippen LogP contribution in [0.2, 0.25) is 0 Å². The molecule has 1 saturated carbocycles. The molecule has 1 aliphatic carbocycles. The van der Waals surface area contributed by atoms with Crippen LogP contribution in [0.15, 0.2) is 54.6 Å². The molecule has 2 rings (SSSR count). The number of aryl methyl sites for hydroxylation is 1. The maximum absolute atomic E-state index is 4.19. The summed E-state index contributed by atoms with van der Waals surface area (Å²) in [5.74, 6) is 1.83. The van der Waals surface area contributed by atoms with Gasteiger partial charge in [0.05, 0.1) is 0 Å². The van der Waals surface area contributed by atoms with Crippen LogP contribution in [0.5, 0.6) is 0 Å². The SMILES string of the molecule is C=C(/C=C\C(C)=C/C)c1ccc(CCC2CCCCCC2C)cc1. The predicted octanol–water partition coefficient (Wildman–Crippen LogP) is 7.37. The van der Waals surface area contributed by atoms with Crippen LogP contribution >= 0.6 is 0 Å². The summed E-state index contributed by atoms with van der Waals surface area (Å²) in [4.78, 5) is 0. The van der Waals surface area contributed by atoms with Crippen molar-refractivity contribution in [1.29, 1.82) is 0 Å². The molecule has 1 aliphatic rings. The van der Waals surface area contributed by atoms with Crippen molar-refractivity contribution in [3.05, 3.63) is 65.8 Å². The van der Waals surface area contributed by atoms with E-state index in [1.54, 1.807) is 0 Å². The highest BCUT2D eigenvalue weighted by atomic mass is 14.2. The van der Waals surface area contributed by atoms with E-state index < -0.39 is 0 Å². The Morgan fingerprint density at radius 1 is 1.08 bits per heavy atom. The van der Waals surface area contributed by atoms with Gasteiger partial charge >= 0.3 is 0 Å². The first-order valence-electron chi connectivity index (χ1n) is 9.69. The molecule has 130 valence electrons. The largest absolute Gasteiger partial charge is 0.0912 e. The molecular weight excluding hydrogens is 288 g/mol. The summed E-state index contributed by atoms with van der Waals surface area (Å²) >= 11 is 0. The first-order chi connectivity index (χ1) is 11.6. The maximum atomic E-state index is 4.19. The fourth-order valence-electron chi connectivity index (χ4n) is 3.66. The number of rotatable bonds is 6. The van der Waals surface area contributed by atoms with Gasteiger partial charge in [0.1, 0.15) is 0 Å². The second-order valence-electron chi connectivity index (χ2n) is 7.50. The molecule has 0 amide bonds. The van der Waals surface area contributed by atoms with Crippen LogP contribution in [-0.4, -0.2) is 0 Å².